The highest BCUT2D eigenvalue weighted by atomic mass is 16.1. The van der Waals surface area contributed by atoms with Crippen LogP contribution >= 0.6 is 0 Å². The van der Waals surface area contributed by atoms with Crippen LogP contribution in [0.1, 0.15) is 24.2 Å². The van der Waals surface area contributed by atoms with E-state index in [9.17, 15) is 4.79 Å². The van der Waals surface area contributed by atoms with Crippen LogP contribution in [0.15, 0.2) is 54.7 Å². The minimum absolute atomic E-state index is 0.110. The zero-order valence-corrected chi connectivity index (χ0v) is 16.5. The van der Waals surface area contributed by atoms with E-state index in [0.717, 1.165) is 36.1 Å². The summed E-state index contributed by atoms with van der Waals surface area (Å²) in [4.78, 5) is 16.9. The molecule has 5 nitrogen and oxygen atoms in total. The highest BCUT2D eigenvalue weighted by molar-refractivity contribution is 5.84. The Bertz CT molecular complexity index is 1120. The van der Waals surface area contributed by atoms with E-state index in [1.54, 1.807) is 0 Å². The molecule has 0 saturated heterocycles. The molecule has 0 atom stereocenters. The van der Waals surface area contributed by atoms with Gasteiger partial charge in [-0.25, -0.2) is 4.98 Å². The van der Waals surface area contributed by atoms with Gasteiger partial charge in [0, 0.05) is 50.6 Å². The Kier molecular flexibility index (Phi) is 5.15. The predicted molar refractivity (Wildman–Crippen MR) is 113 cm³/mol. The van der Waals surface area contributed by atoms with E-state index in [-0.39, 0.29) is 5.91 Å². The number of rotatable bonds is 7. The monoisotopic (exact) mass is 374 g/mol. The molecule has 2 heterocycles. The summed E-state index contributed by atoms with van der Waals surface area (Å²) in [5, 5.41) is 4.32. The number of fused-ring (bicyclic) bond motifs is 2. The van der Waals surface area contributed by atoms with Crippen molar-refractivity contribution in [2.75, 3.05) is 6.54 Å². The molecule has 0 unspecified atom stereocenters. The third-order valence-corrected chi connectivity index (χ3v) is 5.38. The second-order valence-electron chi connectivity index (χ2n) is 7.31. The van der Waals surface area contributed by atoms with Gasteiger partial charge < -0.3 is 14.5 Å². The zero-order chi connectivity index (χ0) is 19.5. The molecule has 2 aromatic heterocycles. The van der Waals surface area contributed by atoms with E-state index in [2.05, 4.69) is 63.0 Å². The maximum absolute atomic E-state index is 12.2. The summed E-state index contributed by atoms with van der Waals surface area (Å²) in [5.41, 5.74) is 4.68. The van der Waals surface area contributed by atoms with E-state index in [4.69, 9.17) is 0 Å². The molecule has 0 aliphatic carbocycles. The molecule has 28 heavy (non-hydrogen) atoms. The number of hydrogen-bond acceptors (Lipinski definition) is 2. The summed E-state index contributed by atoms with van der Waals surface area (Å²) in [5.74, 6) is 1.11. The fraction of sp³-hybridized carbons (Fsp3) is 0.304. The van der Waals surface area contributed by atoms with E-state index in [1.807, 2.05) is 25.2 Å². The molecule has 0 fully saturated rings. The Morgan fingerprint density at radius 1 is 1.00 bits per heavy atom. The summed E-state index contributed by atoms with van der Waals surface area (Å²) >= 11 is 0. The molecule has 0 saturated carbocycles. The van der Waals surface area contributed by atoms with Crippen molar-refractivity contribution >= 4 is 27.8 Å². The van der Waals surface area contributed by atoms with Crippen molar-refractivity contribution in [2.24, 2.45) is 14.1 Å². The van der Waals surface area contributed by atoms with Gasteiger partial charge in [-0.2, -0.15) is 0 Å². The minimum atomic E-state index is 0.110. The minimum Gasteiger partial charge on any atom is -0.356 e. The molecule has 4 rings (SSSR count). The number of carbonyl (C=O) groups excluding carboxylic acids is 1. The first-order chi connectivity index (χ1) is 13.6. The molecule has 0 aliphatic heterocycles. The average molecular weight is 374 g/mol. The van der Waals surface area contributed by atoms with Crippen molar-refractivity contribution in [1.82, 2.24) is 19.4 Å². The van der Waals surface area contributed by atoms with Crippen molar-refractivity contribution in [3.05, 3.63) is 66.1 Å². The van der Waals surface area contributed by atoms with Crippen LogP contribution in [0.4, 0.5) is 0 Å². The van der Waals surface area contributed by atoms with Gasteiger partial charge in [0.05, 0.1) is 11.0 Å². The van der Waals surface area contributed by atoms with Gasteiger partial charge >= 0.3 is 0 Å². The number of nitrogens with one attached hydrogen (secondary N) is 1. The molecule has 1 amide bonds. The van der Waals surface area contributed by atoms with Crippen LogP contribution in [0, 0.1) is 0 Å². The standard InChI is InChI=1S/C23H26N4O/c1-26-16-17(18-9-3-5-11-20(18)26)8-7-13-23(28)24-15-14-22-25-19-10-4-6-12-21(19)27(22)2/h3-6,9-12,16H,7-8,13-15H2,1-2H3,(H,24,28). The lowest BCUT2D eigenvalue weighted by molar-refractivity contribution is -0.121. The maximum atomic E-state index is 12.2. The van der Waals surface area contributed by atoms with E-state index >= 15 is 0 Å². The predicted octanol–water partition coefficient (Wildman–Crippen LogP) is 3.75. The van der Waals surface area contributed by atoms with Gasteiger partial charge in [0.2, 0.25) is 5.91 Å². The van der Waals surface area contributed by atoms with Gasteiger partial charge in [0.15, 0.2) is 0 Å². The van der Waals surface area contributed by atoms with Crippen molar-refractivity contribution in [3.8, 4) is 0 Å². The first kappa shape index (κ1) is 18.3. The largest absolute Gasteiger partial charge is 0.356 e. The Morgan fingerprint density at radius 3 is 2.57 bits per heavy atom. The number of carbonyl (C=O) groups is 1. The van der Waals surface area contributed by atoms with Crippen LogP contribution in [0.3, 0.4) is 0 Å². The quantitative estimate of drug-likeness (QED) is 0.536. The highest BCUT2D eigenvalue weighted by Crippen LogP contribution is 2.21. The third kappa shape index (κ3) is 3.65. The number of aromatic nitrogens is 3. The number of benzene rings is 2. The number of amides is 1. The number of imidazole rings is 1. The average Bonchev–Trinajstić information content (AvgIpc) is 3.20. The molecule has 0 spiro atoms. The first-order valence-corrected chi connectivity index (χ1v) is 9.83. The molecule has 0 radical (unpaired) electrons. The van der Waals surface area contributed by atoms with Crippen LogP contribution in [0.25, 0.3) is 21.9 Å². The molecular formula is C23H26N4O. The van der Waals surface area contributed by atoms with E-state index in [1.165, 1.54) is 16.5 Å². The fourth-order valence-electron chi connectivity index (χ4n) is 3.89. The van der Waals surface area contributed by atoms with Crippen LogP contribution in [-0.2, 0) is 31.7 Å². The number of nitrogens with zero attached hydrogens (tertiary/aromatic N) is 3. The molecule has 0 bridgehead atoms. The Morgan fingerprint density at radius 2 is 1.75 bits per heavy atom. The second kappa shape index (κ2) is 7.89. The molecular weight excluding hydrogens is 348 g/mol. The highest BCUT2D eigenvalue weighted by Gasteiger charge is 2.09. The first-order valence-electron chi connectivity index (χ1n) is 9.83. The van der Waals surface area contributed by atoms with Gasteiger partial charge in [-0.15, -0.1) is 0 Å². The van der Waals surface area contributed by atoms with Crippen LogP contribution in [0.2, 0.25) is 0 Å². The van der Waals surface area contributed by atoms with Crippen molar-refractivity contribution in [1.29, 1.82) is 0 Å². The molecule has 4 aromatic rings. The molecule has 2 aromatic carbocycles. The normalized spacial score (nSPS) is 11.4. The number of hydrogen-bond donors (Lipinski definition) is 1. The summed E-state index contributed by atoms with van der Waals surface area (Å²) in [6, 6.07) is 16.5. The smallest absolute Gasteiger partial charge is 0.220 e. The van der Waals surface area contributed by atoms with Crippen LogP contribution in [-0.4, -0.2) is 26.6 Å². The third-order valence-electron chi connectivity index (χ3n) is 5.38. The van der Waals surface area contributed by atoms with Gasteiger partial charge in [0.25, 0.3) is 0 Å². The molecule has 0 aliphatic rings. The molecule has 1 N–H and O–H groups in total. The van der Waals surface area contributed by atoms with Crippen molar-refractivity contribution in [3.63, 3.8) is 0 Å². The second-order valence-corrected chi connectivity index (χ2v) is 7.31. The lowest BCUT2D eigenvalue weighted by Crippen LogP contribution is -2.26. The van der Waals surface area contributed by atoms with E-state index < -0.39 is 0 Å². The SMILES string of the molecule is Cn1cc(CCCC(=O)NCCc2nc3ccccc3n2C)c2ccccc21. The topological polar surface area (TPSA) is 51.9 Å². The van der Waals surface area contributed by atoms with Gasteiger partial charge in [-0.05, 0) is 36.6 Å². The summed E-state index contributed by atoms with van der Waals surface area (Å²) in [6.07, 6.45) is 5.23. The fourth-order valence-corrected chi connectivity index (χ4v) is 3.89. The summed E-state index contributed by atoms with van der Waals surface area (Å²) < 4.78 is 4.25. The van der Waals surface area contributed by atoms with Gasteiger partial charge in [-0.1, -0.05) is 30.3 Å². The Hall–Kier alpha value is -3.08. The summed E-state index contributed by atoms with van der Waals surface area (Å²) in [7, 11) is 4.09. The van der Waals surface area contributed by atoms with Crippen LogP contribution in [0.5, 0.6) is 0 Å². The molecule has 5 heteroatoms. The molecule has 144 valence electrons. The zero-order valence-electron chi connectivity index (χ0n) is 16.5. The summed E-state index contributed by atoms with van der Waals surface area (Å²) in [6.45, 7) is 0.615. The van der Waals surface area contributed by atoms with Gasteiger partial charge in [0.1, 0.15) is 5.82 Å². The number of aryl methyl sites for hydroxylation is 3. The van der Waals surface area contributed by atoms with Crippen molar-refractivity contribution < 1.29 is 4.79 Å². The maximum Gasteiger partial charge on any atom is 0.220 e. The van der Waals surface area contributed by atoms with E-state index in [0.29, 0.717) is 13.0 Å². The number of para-hydroxylation sites is 3. The van der Waals surface area contributed by atoms with Gasteiger partial charge in [-0.3, -0.25) is 4.79 Å². The lowest BCUT2D eigenvalue weighted by Gasteiger charge is -2.06. The lowest BCUT2D eigenvalue weighted by atomic mass is 10.1. The van der Waals surface area contributed by atoms with Crippen LogP contribution < -0.4 is 5.32 Å². The Balaban J connectivity index is 1.26. The Labute approximate surface area is 165 Å². The van der Waals surface area contributed by atoms with Crippen molar-refractivity contribution in [2.45, 2.75) is 25.7 Å².